The van der Waals surface area contributed by atoms with Crippen molar-refractivity contribution in [1.29, 1.82) is 0 Å². The van der Waals surface area contributed by atoms with E-state index in [9.17, 15) is 9.90 Å². The molecule has 5 rings (SSSR count). The van der Waals surface area contributed by atoms with Gasteiger partial charge in [-0.1, -0.05) is 30.3 Å². The average molecular weight is 416 g/mol. The van der Waals surface area contributed by atoms with Crippen molar-refractivity contribution >= 4 is 5.91 Å². The van der Waals surface area contributed by atoms with E-state index in [1.165, 1.54) is 22.3 Å². The van der Waals surface area contributed by atoms with Crippen molar-refractivity contribution in [2.45, 2.75) is 58.2 Å². The number of aromatic nitrogens is 2. The molecule has 0 bridgehead atoms. The number of nitrogens with zero attached hydrogens (tertiary/aromatic N) is 3. The molecule has 1 aliphatic heterocycles. The molecule has 2 unspecified atom stereocenters. The summed E-state index contributed by atoms with van der Waals surface area (Å²) in [5.41, 5.74) is 8.87. The number of amides is 1. The fraction of sp³-hybridized carbons (Fsp3) is 0.385. The molecule has 3 aromatic rings. The Morgan fingerprint density at radius 1 is 1.10 bits per heavy atom. The largest absolute Gasteiger partial charge is 0.391 e. The summed E-state index contributed by atoms with van der Waals surface area (Å²) in [6, 6.07) is 12.8. The quantitative estimate of drug-likeness (QED) is 0.696. The summed E-state index contributed by atoms with van der Waals surface area (Å²) in [7, 11) is 1.94. The molecule has 1 amide bonds. The zero-order valence-corrected chi connectivity index (χ0v) is 18.4. The molecule has 5 nitrogen and oxygen atoms in total. The van der Waals surface area contributed by atoms with Crippen molar-refractivity contribution in [3.05, 3.63) is 76.1 Å². The van der Waals surface area contributed by atoms with E-state index >= 15 is 0 Å². The Labute approximate surface area is 183 Å². The van der Waals surface area contributed by atoms with Crippen LogP contribution in [0, 0.1) is 13.8 Å². The van der Waals surface area contributed by atoms with Gasteiger partial charge < -0.3 is 10.0 Å². The predicted octanol–water partition coefficient (Wildman–Crippen LogP) is 4.16. The van der Waals surface area contributed by atoms with Crippen LogP contribution in [0.25, 0.3) is 11.1 Å². The second-order valence-electron chi connectivity index (χ2n) is 9.11. The molecule has 2 aromatic carbocycles. The number of aryl methyl sites for hydroxylation is 3. The maximum absolute atomic E-state index is 13.1. The van der Waals surface area contributed by atoms with E-state index in [1.54, 1.807) is 0 Å². The lowest BCUT2D eigenvalue weighted by Gasteiger charge is -2.26. The van der Waals surface area contributed by atoms with Gasteiger partial charge in [-0.25, -0.2) is 0 Å². The van der Waals surface area contributed by atoms with E-state index in [1.807, 2.05) is 29.7 Å². The second kappa shape index (κ2) is 7.65. The molecule has 160 valence electrons. The van der Waals surface area contributed by atoms with Gasteiger partial charge in [0.1, 0.15) is 0 Å². The highest BCUT2D eigenvalue weighted by molar-refractivity contribution is 5.99. The summed E-state index contributed by atoms with van der Waals surface area (Å²) in [5, 5.41) is 14.7. The van der Waals surface area contributed by atoms with Gasteiger partial charge in [0, 0.05) is 30.9 Å². The summed E-state index contributed by atoms with van der Waals surface area (Å²) < 4.78 is 1.84. The first-order chi connectivity index (χ1) is 14.9. The molecule has 2 atom stereocenters. The van der Waals surface area contributed by atoms with Crippen LogP contribution < -0.4 is 0 Å². The standard InChI is InChI=1S/C26H29N3O2/c1-16-11-21-14-29(24-5-4-6-25(24)30)26(31)22(21)13-20(16)12-18-7-9-19(10-8-18)23-15-28(3)27-17(23)2/h7-11,13,15,24-25,30H,4-6,12,14H2,1-3H3. The van der Waals surface area contributed by atoms with E-state index in [0.29, 0.717) is 6.54 Å². The monoisotopic (exact) mass is 415 g/mol. The third-order valence-corrected chi connectivity index (χ3v) is 6.91. The van der Waals surface area contributed by atoms with Gasteiger partial charge in [-0.05, 0) is 73.4 Å². The van der Waals surface area contributed by atoms with Gasteiger partial charge in [-0.15, -0.1) is 0 Å². The molecular weight excluding hydrogens is 386 g/mol. The maximum atomic E-state index is 13.1. The van der Waals surface area contributed by atoms with E-state index in [0.717, 1.165) is 48.1 Å². The normalized spacial score (nSPS) is 20.5. The highest BCUT2D eigenvalue weighted by Crippen LogP contribution is 2.34. The second-order valence-corrected chi connectivity index (χ2v) is 9.11. The minimum absolute atomic E-state index is 0.0351. The molecule has 1 fully saturated rings. The number of carbonyl (C=O) groups is 1. The molecule has 0 spiro atoms. The van der Waals surface area contributed by atoms with Crippen molar-refractivity contribution in [3.63, 3.8) is 0 Å². The molecular formula is C26H29N3O2. The highest BCUT2D eigenvalue weighted by atomic mass is 16.3. The number of aliphatic hydroxyl groups is 1. The smallest absolute Gasteiger partial charge is 0.254 e. The molecule has 1 saturated carbocycles. The Balaban J connectivity index is 1.37. The minimum atomic E-state index is -0.388. The Hall–Kier alpha value is -2.92. The van der Waals surface area contributed by atoms with Gasteiger partial charge >= 0.3 is 0 Å². The molecule has 5 heteroatoms. The molecule has 1 aromatic heterocycles. The van der Waals surface area contributed by atoms with Gasteiger partial charge in [-0.2, -0.15) is 5.10 Å². The van der Waals surface area contributed by atoms with Crippen molar-refractivity contribution in [3.8, 4) is 11.1 Å². The van der Waals surface area contributed by atoms with Gasteiger partial charge in [0.05, 0.1) is 17.8 Å². The lowest BCUT2D eigenvalue weighted by molar-refractivity contribution is 0.0479. The van der Waals surface area contributed by atoms with Crippen LogP contribution in [-0.4, -0.2) is 37.8 Å². The number of hydrogen-bond donors (Lipinski definition) is 1. The zero-order valence-electron chi connectivity index (χ0n) is 18.4. The van der Waals surface area contributed by atoms with Gasteiger partial charge in [0.15, 0.2) is 0 Å². The lowest BCUT2D eigenvalue weighted by atomic mass is 9.95. The lowest BCUT2D eigenvalue weighted by Crippen LogP contribution is -2.40. The fourth-order valence-corrected chi connectivity index (χ4v) is 5.20. The first kappa shape index (κ1) is 20.0. The molecule has 31 heavy (non-hydrogen) atoms. The van der Waals surface area contributed by atoms with Crippen molar-refractivity contribution < 1.29 is 9.90 Å². The van der Waals surface area contributed by atoms with Crippen LogP contribution in [0.1, 0.15) is 57.6 Å². The average Bonchev–Trinajstić information content (AvgIpc) is 3.40. The van der Waals surface area contributed by atoms with Crippen molar-refractivity contribution in [2.75, 3.05) is 0 Å². The number of rotatable bonds is 4. The van der Waals surface area contributed by atoms with Gasteiger partial charge in [-0.3, -0.25) is 9.48 Å². The van der Waals surface area contributed by atoms with Crippen LogP contribution in [-0.2, 0) is 20.0 Å². The van der Waals surface area contributed by atoms with Gasteiger partial charge in [0.25, 0.3) is 5.91 Å². The maximum Gasteiger partial charge on any atom is 0.254 e. The molecule has 2 aliphatic rings. The van der Waals surface area contributed by atoms with Crippen LogP contribution in [0.15, 0.2) is 42.6 Å². The Morgan fingerprint density at radius 2 is 1.87 bits per heavy atom. The van der Waals surface area contributed by atoms with Gasteiger partial charge in [0.2, 0.25) is 0 Å². The molecule has 0 saturated heterocycles. The summed E-state index contributed by atoms with van der Waals surface area (Å²) in [5.74, 6) is 0.0737. The number of aliphatic hydroxyl groups excluding tert-OH is 1. The number of carbonyl (C=O) groups excluding carboxylic acids is 1. The predicted molar refractivity (Wildman–Crippen MR) is 121 cm³/mol. The van der Waals surface area contributed by atoms with Crippen molar-refractivity contribution in [1.82, 2.24) is 14.7 Å². The van der Waals surface area contributed by atoms with E-state index in [2.05, 4.69) is 48.4 Å². The molecule has 1 N–H and O–H groups in total. The van der Waals surface area contributed by atoms with Crippen LogP contribution in [0.3, 0.4) is 0 Å². The van der Waals surface area contributed by atoms with Crippen LogP contribution in [0.2, 0.25) is 0 Å². The fourth-order valence-electron chi connectivity index (χ4n) is 5.20. The third-order valence-electron chi connectivity index (χ3n) is 6.91. The van der Waals surface area contributed by atoms with E-state index < -0.39 is 0 Å². The minimum Gasteiger partial charge on any atom is -0.391 e. The van der Waals surface area contributed by atoms with Crippen LogP contribution in [0.4, 0.5) is 0 Å². The third kappa shape index (κ3) is 3.57. The topological polar surface area (TPSA) is 58.4 Å². The van der Waals surface area contributed by atoms with E-state index in [-0.39, 0.29) is 18.1 Å². The first-order valence-corrected chi connectivity index (χ1v) is 11.1. The summed E-state index contributed by atoms with van der Waals surface area (Å²) in [6.07, 6.45) is 5.14. The number of benzene rings is 2. The number of fused-ring (bicyclic) bond motifs is 1. The van der Waals surface area contributed by atoms with Crippen LogP contribution >= 0.6 is 0 Å². The Morgan fingerprint density at radius 3 is 2.52 bits per heavy atom. The molecule has 2 heterocycles. The highest BCUT2D eigenvalue weighted by Gasteiger charge is 2.38. The molecule has 1 aliphatic carbocycles. The number of hydrogen-bond acceptors (Lipinski definition) is 3. The van der Waals surface area contributed by atoms with Crippen LogP contribution in [0.5, 0.6) is 0 Å². The molecule has 0 radical (unpaired) electrons. The van der Waals surface area contributed by atoms with E-state index in [4.69, 9.17) is 0 Å². The Kier molecular flexibility index (Phi) is 4.94. The summed E-state index contributed by atoms with van der Waals surface area (Å²) in [6.45, 7) is 4.78. The van der Waals surface area contributed by atoms with Crippen molar-refractivity contribution in [2.24, 2.45) is 7.05 Å². The summed E-state index contributed by atoms with van der Waals surface area (Å²) >= 11 is 0. The summed E-state index contributed by atoms with van der Waals surface area (Å²) in [4.78, 5) is 15.0. The SMILES string of the molecule is Cc1cc2c(cc1Cc1ccc(-c3cn(C)nc3C)cc1)C(=O)N(C1CCCC1O)C2. The zero-order chi connectivity index (χ0) is 21.7. The first-order valence-electron chi connectivity index (χ1n) is 11.1. The Bertz CT molecular complexity index is 1150.